The van der Waals surface area contributed by atoms with Crippen LogP contribution in [0, 0.1) is 13.8 Å². The summed E-state index contributed by atoms with van der Waals surface area (Å²) in [5.74, 6) is -1.41. The predicted molar refractivity (Wildman–Crippen MR) is 140 cm³/mol. The van der Waals surface area contributed by atoms with Crippen LogP contribution in [0.2, 0.25) is 0 Å². The van der Waals surface area contributed by atoms with Gasteiger partial charge in [-0.1, -0.05) is 41.5 Å². The number of hydrogen-bond donors (Lipinski definition) is 2. The van der Waals surface area contributed by atoms with Gasteiger partial charge in [0.1, 0.15) is 11.3 Å². The molecular weight excluding hydrogens is 526 g/mol. The van der Waals surface area contributed by atoms with E-state index < -0.39 is 17.8 Å². The molecule has 36 heavy (non-hydrogen) atoms. The highest BCUT2D eigenvalue weighted by atomic mass is 79.9. The van der Waals surface area contributed by atoms with Crippen molar-refractivity contribution in [3.8, 4) is 5.75 Å². The monoisotopic (exact) mass is 547 g/mol. The van der Waals surface area contributed by atoms with Gasteiger partial charge in [0.15, 0.2) is 6.61 Å². The molecule has 0 aliphatic carbocycles. The Hall–Kier alpha value is -4.24. The Bertz CT molecular complexity index is 1380. The highest BCUT2D eigenvalue weighted by molar-refractivity contribution is 9.10. The van der Waals surface area contributed by atoms with Crippen LogP contribution in [-0.2, 0) is 14.4 Å². The van der Waals surface area contributed by atoms with Gasteiger partial charge in [0, 0.05) is 5.69 Å². The average Bonchev–Trinajstić information content (AvgIpc) is 2.84. The third-order valence-electron chi connectivity index (χ3n) is 5.35. The lowest BCUT2D eigenvalue weighted by Crippen LogP contribution is -2.54. The maximum atomic E-state index is 13.0. The van der Waals surface area contributed by atoms with E-state index in [-0.39, 0.29) is 18.1 Å². The van der Waals surface area contributed by atoms with Gasteiger partial charge in [0.25, 0.3) is 17.7 Å². The van der Waals surface area contributed by atoms with Gasteiger partial charge in [-0.2, -0.15) is 0 Å². The Morgan fingerprint density at radius 2 is 1.61 bits per heavy atom. The van der Waals surface area contributed by atoms with Crippen LogP contribution < -0.4 is 20.3 Å². The van der Waals surface area contributed by atoms with Crippen molar-refractivity contribution in [2.45, 2.75) is 13.8 Å². The molecule has 8 nitrogen and oxygen atoms in total. The molecule has 1 aliphatic heterocycles. The molecule has 1 fully saturated rings. The summed E-state index contributed by atoms with van der Waals surface area (Å²) in [6.07, 6.45) is 1.39. The summed E-state index contributed by atoms with van der Waals surface area (Å²) in [6.45, 7) is 3.64. The van der Waals surface area contributed by atoms with E-state index >= 15 is 0 Å². The van der Waals surface area contributed by atoms with Crippen LogP contribution >= 0.6 is 15.9 Å². The van der Waals surface area contributed by atoms with Crippen LogP contribution in [0.4, 0.5) is 16.2 Å². The fraction of sp³-hybridized carbons (Fsp3) is 0.111. The molecule has 2 N–H and O–H groups in total. The van der Waals surface area contributed by atoms with E-state index in [4.69, 9.17) is 4.74 Å². The fourth-order valence-electron chi connectivity index (χ4n) is 3.45. The first kappa shape index (κ1) is 24.9. The molecule has 0 aromatic heterocycles. The minimum absolute atomic E-state index is 0.187. The van der Waals surface area contributed by atoms with Gasteiger partial charge < -0.3 is 10.1 Å². The first-order valence-electron chi connectivity index (χ1n) is 11.0. The second-order valence-corrected chi connectivity index (χ2v) is 9.04. The molecular formula is C27H22BrN3O5. The highest BCUT2D eigenvalue weighted by Crippen LogP contribution is 2.28. The number of carbonyl (C=O) groups excluding carboxylic acids is 4. The van der Waals surface area contributed by atoms with Gasteiger partial charge >= 0.3 is 6.03 Å². The molecule has 3 aromatic carbocycles. The summed E-state index contributed by atoms with van der Waals surface area (Å²) in [7, 11) is 0. The maximum absolute atomic E-state index is 13.0. The summed E-state index contributed by atoms with van der Waals surface area (Å²) >= 11 is 3.40. The Balaban J connectivity index is 1.47. The van der Waals surface area contributed by atoms with E-state index in [0.717, 1.165) is 16.0 Å². The standard InChI is InChI=1S/C27H22BrN3O5/c1-16-3-8-19(9-4-16)29-24(32)15-36-23-12-7-18(14-22(23)28)13-21-25(33)30-27(35)31(26(21)34)20-10-5-17(2)6-11-20/h3-14H,15H2,1-2H3,(H,29,32)(H,30,33,35)/b21-13+. The van der Waals surface area contributed by atoms with E-state index in [1.165, 1.54) is 6.08 Å². The van der Waals surface area contributed by atoms with Crippen LogP contribution in [0.3, 0.4) is 0 Å². The van der Waals surface area contributed by atoms with Gasteiger partial charge in [-0.3, -0.25) is 19.7 Å². The van der Waals surface area contributed by atoms with Crippen molar-refractivity contribution in [2.75, 3.05) is 16.8 Å². The number of ether oxygens (including phenoxy) is 1. The average molecular weight is 548 g/mol. The summed E-state index contributed by atoms with van der Waals surface area (Å²) in [5.41, 5.74) is 3.42. The summed E-state index contributed by atoms with van der Waals surface area (Å²) in [5, 5.41) is 4.96. The molecule has 0 unspecified atom stereocenters. The van der Waals surface area contributed by atoms with Gasteiger partial charge in [-0.25, -0.2) is 9.69 Å². The topological polar surface area (TPSA) is 105 Å². The SMILES string of the molecule is Cc1ccc(NC(=O)COc2ccc(/C=C3\C(=O)NC(=O)N(c4ccc(C)cc4)C3=O)cc2Br)cc1. The second-order valence-electron chi connectivity index (χ2n) is 8.19. The van der Waals surface area contributed by atoms with Crippen molar-refractivity contribution in [1.82, 2.24) is 5.32 Å². The molecule has 0 radical (unpaired) electrons. The molecule has 5 amide bonds. The molecule has 0 bridgehead atoms. The smallest absolute Gasteiger partial charge is 0.335 e. The first-order chi connectivity index (χ1) is 17.2. The number of amides is 5. The van der Waals surface area contributed by atoms with Crippen molar-refractivity contribution in [2.24, 2.45) is 0 Å². The fourth-order valence-corrected chi connectivity index (χ4v) is 3.96. The molecule has 1 heterocycles. The number of urea groups is 1. The molecule has 1 aliphatic rings. The van der Waals surface area contributed by atoms with E-state index in [9.17, 15) is 19.2 Å². The number of halogens is 1. The lowest BCUT2D eigenvalue weighted by Gasteiger charge is -2.26. The molecule has 4 rings (SSSR count). The number of imide groups is 2. The number of aryl methyl sites for hydroxylation is 2. The summed E-state index contributed by atoms with van der Waals surface area (Å²) < 4.78 is 6.12. The number of nitrogens with zero attached hydrogens (tertiary/aromatic N) is 1. The highest BCUT2D eigenvalue weighted by Gasteiger charge is 2.36. The van der Waals surface area contributed by atoms with Crippen LogP contribution in [0.5, 0.6) is 5.75 Å². The molecule has 1 saturated heterocycles. The van der Waals surface area contributed by atoms with Gasteiger partial charge in [0.05, 0.1) is 10.2 Å². The van der Waals surface area contributed by atoms with Gasteiger partial charge in [0.2, 0.25) is 0 Å². The van der Waals surface area contributed by atoms with Gasteiger partial charge in [-0.15, -0.1) is 0 Å². The number of carbonyl (C=O) groups is 4. The zero-order chi connectivity index (χ0) is 25.8. The van der Waals surface area contributed by atoms with E-state index in [1.807, 2.05) is 38.1 Å². The minimum Gasteiger partial charge on any atom is -0.483 e. The van der Waals surface area contributed by atoms with Crippen molar-refractivity contribution >= 4 is 57.1 Å². The van der Waals surface area contributed by atoms with E-state index in [0.29, 0.717) is 27.2 Å². The third kappa shape index (κ3) is 5.69. The minimum atomic E-state index is -0.806. The third-order valence-corrected chi connectivity index (χ3v) is 5.97. The second kappa shape index (κ2) is 10.6. The van der Waals surface area contributed by atoms with Crippen molar-refractivity contribution in [1.29, 1.82) is 0 Å². The number of barbiturate groups is 1. The normalized spacial score (nSPS) is 14.6. The van der Waals surface area contributed by atoms with Crippen LogP contribution in [0.15, 0.2) is 76.8 Å². The predicted octanol–water partition coefficient (Wildman–Crippen LogP) is 4.75. The summed E-state index contributed by atoms with van der Waals surface area (Å²) in [6, 6.07) is 18.3. The van der Waals surface area contributed by atoms with Crippen molar-refractivity contribution < 1.29 is 23.9 Å². The summed E-state index contributed by atoms with van der Waals surface area (Å²) in [4.78, 5) is 50.9. The Morgan fingerprint density at radius 1 is 0.972 bits per heavy atom. The number of nitrogens with one attached hydrogen (secondary N) is 2. The molecule has 3 aromatic rings. The molecule has 0 atom stereocenters. The Kier molecular flexibility index (Phi) is 7.30. The van der Waals surface area contributed by atoms with Crippen LogP contribution in [0.25, 0.3) is 6.08 Å². The molecule has 182 valence electrons. The largest absolute Gasteiger partial charge is 0.483 e. The Labute approximate surface area is 216 Å². The first-order valence-corrected chi connectivity index (χ1v) is 11.8. The molecule has 0 spiro atoms. The van der Waals surface area contributed by atoms with Crippen molar-refractivity contribution in [3.63, 3.8) is 0 Å². The number of hydrogen-bond acceptors (Lipinski definition) is 5. The number of benzene rings is 3. The zero-order valence-electron chi connectivity index (χ0n) is 19.5. The van der Waals surface area contributed by atoms with Gasteiger partial charge in [-0.05, 0) is 77.8 Å². The van der Waals surface area contributed by atoms with Crippen LogP contribution in [0.1, 0.15) is 16.7 Å². The Morgan fingerprint density at radius 3 is 2.25 bits per heavy atom. The van der Waals surface area contributed by atoms with E-state index in [2.05, 4.69) is 26.6 Å². The number of rotatable bonds is 6. The molecule has 9 heteroatoms. The zero-order valence-corrected chi connectivity index (χ0v) is 21.1. The quantitative estimate of drug-likeness (QED) is 0.342. The lowest BCUT2D eigenvalue weighted by atomic mass is 10.1. The molecule has 0 saturated carbocycles. The van der Waals surface area contributed by atoms with Crippen molar-refractivity contribution in [3.05, 3.63) is 93.5 Å². The lowest BCUT2D eigenvalue weighted by molar-refractivity contribution is -0.122. The van der Waals surface area contributed by atoms with E-state index in [1.54, 1.807) is 42.5 Å². The number of anilines is 2. The van der Waals surface area contributed by atoms with Crippen LogP contribution in [-0.4, -0.2) is 30.4 Å². The maximum Gasteiger partial charge on any atom is 0.335 e.